The summed E-state index contributed by atoms with van der Waals surface area (Å²) in [5.41, 5.74) is 2.58. The molecule has 1 aromatic carbocycles. The van der Waals surface area contributed by atoms with Gasteiger partial charge in [0, 0.05) is 18.3 Å². The minimum atomic E-state index is -4.49. The number of alkyl halides is 4. The van der Waals surface area contributed by atoms with Gasteiger partial charge >= 0.3 is 19.2 Å². The largest absolute Gasteiger partial charge is 0.416 e. The van der Waals surface area contributed by atoms with Crippen molar-refractivity contribution in [2.45, 2.75) is 70.3 Å². The molecule has 3 amide bonds. The number of benzene rings is 1. The van der Waals surface area contributed by atoms with E-state index < -0.39 is 48.2 Å². The average Bonchev–Trinajstić information content (AvgIpc) is 3.33. The first-order valence-corrected chi connectivity index (χ1v) is 12.9. The third kappa shape index (κ3) is 6.37. The molecule has 2 radical (unpaired) electrons. The lowest BCUT2D eigenvalue weighted by atomic mass is 9.75. The van der Waals surface area contributed by atoms with Gasteiger partial charge in [-0.2, -0.15) is 13.2 Å². The van der Waals surface area contributed by atoms with Crippen LogP contribution in [0.25, 0.3) is 11.0 Å². The van der Waals surface area contributed by atoms with Crippen molar-refractivity contribution < 1.29 is 40.8 Å². The maximum Gasteiger partial charge on any atom is 0.416 e. The van der Waals surface area contributed by atoms with Gasteiger partial charge < -0.3 is 30.0 Å². The standard InChI is InChI=1S/C18H19B2F5N4O2.C4H5N3O2.C2H6/c1-15(2,18(22,23)24)31-6-5-13-26-11-4-3-10(7-12(11)27-13)8-29-9-16(21)17(19,20(16)25)28-14(29)30;1-2-3(4(5)8)7-9-6-2;1-2/h3-4,7H,5-6,8-9H2,1-2H3,(H,26,27)(H,28,30);1H3,(H2,5,8);1-2H3. The highest BCUT2D eigenvalue weighted by molar-refractivity contribution is 6.83. The number of aromatic amines is 1. The zero-order valence-electron chi connectivity index (χ0n) is 23.6. The number of fused-ring (bicyclic) bond motifs is 2. The molecule has 2 aliphatic heterocycles. The number of urea groups is 1. The number of H-pyrrole nitrogens is 1. The van der Waals surface area contributed by atoms with E-state index in [4.69, 9.17) is 18.3 Å². The van der Waals surface area contributed by atoms with Gasteiger partial charge in [-0.05, 0) is 43.6 Å². The van der Waals surface area contributed by atoms with Crippen LogP contribution in [0.2, 0.25) is 0 Å². The molecule has 4 N–H and O–H groups in total. The van der Waals surface area contributed by atoms with Crippen molar-refractivity contribution in [2.24, 2.45) is 5.73 Å². The number of ether oxygens (including phenoxy) is 1. The number of carbonyl (C=O) groups is 2. The molecular weight excluding hydrogens is 567 g/mol. The molecule has 4 heterocycles. The molecule has 2 aromatic heterocycles. The lowest BCUT2D eigenvalue weighted by Gasteiger charge is -2.33. The van der Waals surface area contributed by atoms with Gasteiger partial charge in [-0.3, -0.25) is 4.79 Å². The van der Waals surface area contributed by atoms with E-state index >= 15 is 0 Å². The van der Waals surface area contributed by atoms with Crippen molar-refractivity contribution in [1.29, 1.82) is 0 Å². The van der Waals surface area contributed by atoms with Gasteiger partial charge in [-0.1, -0.05) is 25.1 Å². The van der Waals surface area contributed by atoms with Crippen LogP contribution in [0.1, 0.15) is 55.3 Å². The topological polar surface area (TPSA) is 152 Å². The predicted octanol–water partition coefficient (Wildman–Crippen LogP) is 3.12. The molecule has 0 saturated carbocycles. The van der Waals surface area contributed by atoms with Crippen molar-refractivity contribution in [3.8, 4) is 0 Å². The number of aryl methyl sites for hydroxylation is 1. The SMILES string of the molecule is CC.Cc1nonc1C(N)=O.[B]C12NC(=O)N(Cc3ccc4nc(CCOC(C)(C)C(F)(F)F)[nH]c4c3)CC1(F)B2F. The first-order chi connectivity index (χ1) is 19.5. The second-order valence-electron chi connectivity index (χ2n) is 10.1. The molecule has 2 fully saturated rings. The summed E-state index contributed by atoms with van der Waals surface area (Å²) in [6, 6.07) is 4.37. The lowest BCUT2D eigenvalue weighted by Crippen LogP contribution is -2.58. The van der Waals surface area contributed by atoms with E-state index in [0.29, 0.717) is 28.1 Å². The number of nitrogens with two attached hydrogens (primary N) is 1. The maximum atomic E-state index is 14.5. The fraction of sp³-hybridized carbons (Fsp3) is 0.542. The third-order valence-corrected chi connectivity index (χ3v) is 6.77. The Morgan fingerprint density at radius 2 is 1.95 bits per heavy atom. The third-order valence-electron chi connectivity index (χ3n) is 6.77. The summed E-state index contributed by atoms with van der Waals surface area (Å²) < 4.78 is 76.0. The molecule has 2 aliphatic rings. The monoisotopic (exact) mass is 597 g/mol. The molecule has 2 atom stereocenters. The molecule has 18 heteroatoms. The number of hydrogen-bond acceptors (Lipinski definition) is 7. The minimum Gasteiger partial charge on any atom is -0.366 e. The Hall–Kier alpha value is -3.69. The summed E-state index contributed by atoms with van der Waals surface area (Å²) >= 11 is 0. The number of nitrogens with one attached hydrogen (secondary N) is 2. The van der Waals surface area contributed by atoms with E-state index in [9.17, 15) is 31.5 Å². The maximum absolute atomic E-state index is 14.5. The Labute approximate surface area is 239 Å². The van der Waals surface area contributed by atoms with Gasteiger partial charge in [0.05, 0.1) is 24.2 Å². The van der Waals surface area contributed by atoms with E-state index in [-0.39, 0.29) is 25.3 Å². The first-order valence-electron chi connectivity index (χ1n) is 12.9. The van der Waals surface area contributed by atoms with Crippen LogP contribution in [-0.2, 0) is 17.7 Å². The van der Waals surface area contributed by atoms with Gasteiger partial charge in [0.25, 0.3) is 5.91 Å². The van der Waals surface area contributed by atoms with Gasteiger partial charge in [-0.25, -0.2) is 18.8 Å². The number of primary amides is 1. The van der Waals surface area contributed by atoms with Crippen molar-refractivity contribution in [2.75, 3.05) is 13.2 Å². The fourth-order valence-electron chi connectivity index (χ4n) is 4.07. The second-order valence-corrected chi connectivity index (χ2v) is 10.1. The minimum absolute atomic E-state index is 0.0213. The molecule has 2 unspecified atom stereocenters. The van der Waals surface area contributed by atoms with E-state index in [2.05, 4.69) is 30.2 Å². The number of nitrogens with zero attached hydrogens (tertiary/aromatic N) is 4. The number of aromatic nitrogens is 4. The quantitative estimate of drug-likeness (QED) is 0.280. The summed E-state index contributed by atoms with van der Waals surface area (Å²) in [6.45, 7) is 4.92. The first kappa shape index (κ1) is 32.8. The molecule has 2 saturated heterocycles. The Bertz CT molecular complexity index is 1440. The van der Waals surface area contributed by atoms with Gasteiger partial charge in [0.2, 0.25) is 0 Å². The fourth-order valence-corrected chi connectivity index (χ4v) is 4.07. The number of hydrogen-bond donors (Lipinski definition) is 3. The molecule has 0 aliphatic carbocycles. The summed E-state index contributed by atoms with van der Waals surface area (Å²) in [4.78, 5) is 30.9. The lowest BCUT2D eigenvalue weighted by molar-refractivity contribution is -0.263. The van der Waals surface area contributed by atoms with Crippen molar-refractivity contribution in [3.05, 3.63) is 41.0 Å². The Morgan fingerprint density at radius 3 is 2.50 bits per heavy atom. The van der Waals surface area contributed by atoms with Crippen molar-refractivity contribution in [1.82, 2.24) is 30.5 Å². The Morgan fingerprint density at radius 1 is 1.29 bits per heavy atom. The highest BCUT2D eigenvalue weighted by Crippen LogP contribution is 2.51. The highest BCUT2D eigenvalue weighted by Gasteiger charge is 2.83. The number of carbonyl (C=O) groups excluding carboxylic acids is 2. The van der Waals surface area contributed by atoms with Gasteiger partial charge in [0.15, 0.2) is 16.9 Å². The average molecular weight is 597 g/mol. The number of amides is 3. The zero-order chi connectivity index (χ0) is 31.7. The Kier molecular flexibility index (Phi) is 9.29. The molecule has 11 nitrogen and oxygen atoms in total. The summed E-state index contributed by atoms with van der Waals surface area (Å²) in [5.74, 6) is -0.177. The molecular formula is C24H30B2F5N7O4. The van der Waals surface area contributed by atoms with Crippen LogP contribution in [0.5, 0.6) is 0 Å². The molecule has 0 spiro atoms. The summed E-state index contributed by atoms with van der Waals surface area (Å²) in [5, 5.41) is 6.82. The van der Waals surface area contributed by atoms with Crippen molar-refractivity contribution >= 4 is 37.8 Å². The molecule has 5 rings (SSSR count). The van der Waals surface area contributed by atoms with Crippen LogP contribution in [0.3, 0.4) is 0 Å². The van der Waals surface area contributed by atoms with E-state index in [0.717, 1.165) is 18.7 Å². The van der Waals surface area contributed by atoms with E-state index in [1.165, 1.54) is 0 Å². The number of halogens is 5. The predicted molar refractivity (Wildman–Crippen MR) is 143 cm³/mol. The van der Waals surface area contributed by atoms with Crippen molar-refractivity contribution in [3.63, 3.8) is 0 Å². The number of imidazole rings is 1. The van der Waals surface area contributed by atoms with Gasteiger partial charge in [0.1, 0.15) is 19.4 Å². The van der Waals surface area contributed by atoms with E-state index in [1.54, 1.807) is 25.1 Å². The normalized spacial score (nSPS) is 21.5. The molecule has 3 aromatic rings. The van der Waals surface area contributed by atoms with Crippen LogP contribution >= 0.6 is 0 Å². The van der Waals surface area contributed by atoms with Crippen LogP contribution in [-0.4, -0.2) is 87.8 Å². The van der Waals surface area contributed by atoms with E-state index in [1.807, 2.05) is 13.8 Å². The smallest absolute Gasteiger partial charge is 0.366 e. The van der Waals surface area contributed by atoms with Crippen LogP contribution in [0, 0.1) is 6.92 Å². The van der Waals surface area contributed by atoms with Gasteiger partial charge in [-0.15, -0.1) is 0 Å². The Balaban J connectivity index is 0.000000373. The highest BCUT2D eigenvalue weighted by atomic mass is 19.4. The molecule has 42 heavy (non-hydrogen) atoms. The van der Waals surface area contributed by atoms with Crippen LogP contribution in [0.4, 0.5) is 26.7 Å². The van der Waals surface area contributed by atoms with Crippen LogP contribution < -0.4 is 11.1 Å². The number of rotatable bonds is 7. The summed E-state index contributed by atoms with van der Waals surface area (Å²) in [7, 11) is 5.55. The van der Waals surface area contributed by atoms with Crippen LogP contribution in [0.15, 0.2) is 22.8 Å². The summed E-state index contributed by atoms with van der Waals surface area (Å²) in [6.07, 6.45) is -4.35. The zero-order valence-corrected chi connectivity index (χ0v) is 23.6. The molecule has 226 valence electrons. The molecule has 0 bridgehead atoms. The second kappa shape index (κ2) is 11.9.